The molecule has 192 valence electrons. The van der Waals surface area contributed by atoms with Crippen LogP contribution >= 0.6 is 0 Å². The third-order valence-corrected chi connectivity index (χ3v) is 9.15. The number of rotatable bonds is 4. The van der Waals surface area contributed by atoms with E-state index < -0.39 is 0 Å². The zero-order valence-corrected chi connectivity index (χ0v) is 23.9. The smallest absolute Gasteiger partial charge is 0.115 e. The van der Waals surface area contributed by atoms with Gasteiger partial charge in [0.1, 0.15) is 6.33 Å². The summed E-state index contributed by atoms with van der Waals surface area (Å²) < 4.78 is 0. The number of aryl methyl sites for hydroxylation is 1. The third kappa shape index (κ3) is 5.04. The molecule has 0 aliphatic heterocycles. The van der Waals surface area contributed by atoms with E-state index in [4.69, 9.17) is 9.97 Å². The normalized spacial score (nSPS) is 25.3. The minimum Gasteiger partial charge on any atom is -0.241 e. The minimum atomic E-state index is 0.0460. The van der Waals surface area contributed by atoms with Crippen LogP contribution in [0, 0.1) is 34.0 Å². The maximum Gasteiger partial charge on any atom is 0.115 e. The van der Waals surface area contributed by atoms with Crippen molar-refractivity contribution in [1.29, 1.82) is 0 Å². The molecule has 2 aromatic rings. The fraction of sp³-hybridized carbons (Fsp3) is 0.742. The van der Waals surface area contributed by atoms with Crippen LogP contribution in [-0.4, -0.2) is 20.2 Å². The number of nitrogens with zero attached hydrogens (tertiary/aromatic N) is 4. The molecule has 0 saturated heterocycles. The van der Waals surface area contributed by atoms with Gasteiger partial charge in [0.2, 0.25) is 0 Å². The molecular weight excluding hydrogens is 428 g/mol. The zero-order valence-electron chi connectivity index (χ0n) is 23.9. The summed E-state index contributed by atoms with van der Waals surface area (Å²) in [6, 6.07) is 2.24. The predicted molar refractivity (Wildman–Crippen MR) is 144 cm³/mol. The Hall–Kier alpha value is -1.84. The van der Waals surface area contributed by atoms with Gasteiger partial charge < -0.3 is 0 Å². The average Bonchev–Trinajstić information content (AvgIpc) is 2.76. The van der Waals surface area contributed by atoms with Crippen molar-refractivity contribution < 1.29 is 0 Å². The van der Waals surface area contributed by atoms with Gasteiger partial charge in [-0.15, -0.1) is 0 Å². The van der Waals surface area contributed by atoms with E-state index in [1.807, 2.05) is 12.5 Å². The summed E-state index contributed by atoms with van der Waals surface area (Å²) in [6.45, 7) is 24.1. The summed E-state index contributed by atoms with van der Waals surface area (Å²) in [4.78, 5) is 9.93. The van der Waals surface area contributed by atoms with Crippen LogP contribution in [0.5, 0.6) is 0 Å². The second-order valence-electron chi connectivity index (χ2n) is 14.6. The van der Waals surface area contributed by atoms with Crippen molar-refractivity contribution in [2.45, 2.75) is 113 Å². The second-order valence-corrected chi connectivity index (χ2v) is 14.6. The molecule has 4 atom stereocenters. The topological polar surface area (TPSA) is 51.6 Å². The first-order chi connectivity index (χ1) is 16.2. The van der Waals surface area contributed by atoms with E-state index in [9.17, 15) is 0 Å². The molecule has 35 heavy (non-hydrogen) atoms. The first-order valence-electron chi connectivity index (χ1n) is 13.8. The highest BCUT2D eigenvalue weighted by atomic mass is 15.1. The van der Waals surface area contributed by atoms with E-state index in [1.54, 1.807) is 0 Å². The van der Waals surface area contributed by atoms with Crippen molar-refractivity contribution in [3.8, 4) is 0 Å². The highest BCUT2D eigenvalue weighted by Crippen LogP contribution is 2.55. The molecule has 0 radical (unpaired) electrons. The number of aromatic nitrogens is 4. The molecule has 0 aromatic carbocycles. The number of fused-ring (bicyclic) bond motifs is 2. The van der Waals surface area contributed by atoms with E-state index in [2.05, 4.69) is 85.5 Å². The van der Waals surface area contributed by atoms with Gasteiger partial charge in [0.05, 0.1) is 11.4 Å². The second kappa shape index (κ2) is 9.23. The van der Waals surface area contributed by atoms with Gasteiger partial charge in [-0.25, -0.2) is 9.97 Å². The van der Waals surface area contributed by atoms with Crippen LogP contribution in [0.1, 0.15) is 122 Å². The van der Waals surface area contributed by atoms with Crippen LogP contribution < -0.4 is 0 Å². The van der Waals surface area contributed by atoms with Gasteiger partial charge in [-0.3, -0.25) is 0 Å². The molecule has 4 unspecified atom stereocenters. The molecule has 2 aromatic heterocycles. The third-order valence-electron chi connectivity index (χ3n) is 9.15. The molecule has 0 amide bonds. The molecule has 0 N–H and O–H groups in total. The molecule has 0 bridgehead atoms. The monoisotopic (exact) mass is 476 g/mol. The van der Waals surface area contributed by atoms with Crippen LogP contribution in [0.15, 0.2) is 18.6 Å². The van der Waals surface area contributed by atoms with Crippen molar-refractivity contribution in [1.82, 2.24) is 20.2 Å². The molecule has 2 aliphatic rings. The Morgan fingerprint density at radius 3 is 2.23 bits per heavy atom. The molecule has 4 nitrogen and oxygen atoms in total. The molecule has 2 heterocycles. The standard InChI is InChI=1S/C31H48N4/c1-19(2)20-11-12-22-25(32-18-33-28(22)27(20)30(6,7)8)17-31(9,10)26-21-15-16-34-35-24(21)14-13-23(26)29(3,4)5/h15-16,18-20,23,26-27H,11-14,17H2,1-10H3. The fourth-order valence-electron chi connectivity index (χ4n) is 7.57. The van der Waals surface area contributed by atoms with Crippen LogP contribution in [0.3, 0.4) is 0 Å². The van der Waals surface area contributed by atoms with E-state index in [-0.39, 0.29) is 16.2 Å². The van der Waals surface area contributed by atoms with Gasteiger partial charge in [0.25, 0.3) is 0 Å². The molecule has 0 saturated carbocycles. The van der Waals surface area contributed by atoms with Crippen LogP contribution in [-0.2, 0) is 19.3 Å². The Morgan fingerprint density at radius 1 is 0.886 bits per heavy atom. The highest BCUT2D eigenvalue weighted by molar-refractivity contribution is 5.35. The highest BCUT2D eigenvalue weighted by Gasteiger charge is 2.46. The predicted octanol–water partition coefficient (Wildman–Crippen LogP) is 7.58. The lowest BCUT2D eigenvalue weighted by atomic mass is 9.56. The maximum atomic E-state index is 4.96. The summed E-state index contributed by atoms with van der Waals surface area (Å²) in [7, 11) is 0. The van der Waals surface area contributed by atoms with Crippen molar-refractivity contribution in [2.75, 3.05) is 0 Å². The average molecular weight is 477 g/mol. The van der Waals surface area contributed by atoms with Gasteiger partial charge >= 0.3 is 0 Å². The van der Waals surface area contributed by atoms with Crippen LogP contribution in [0.2, 0.25) is 0 Å². The summed E-state index contributed by atoms with van der Waals surface area (Å²) in [6.07, 6.45) is 9.26. The summed E-state index contributed by atoms with van der Waals surface area (Å²) in [5.74, 6) is 2.84. The molecule has 0 spiro atoms. The first-order valence-corrected chi connectivity index (χ1v) is 13.8. The lowest BCUT2D eigenvalue weighted by molar-refractivity contribution is 0.0957. The van der Waals surface area contributed by atoms with E-state index in [1.165, 1.54) is 41.1 Å². The molecule has 4 heteroatoms. The SMILES string of the molecule is CC(C)C1CCc2c(CC(C)(C)C3c4ccnnc4CCC3C(C)(C)C)ncnc2C1C(C)(C)C. The molecular formula is C31H48N4. The van der Waals surface area contributed by atoms with Crippen molar-refractivity contribution in [3.05, 3.63) is 46.8 Å². The van der Waals surface area contributed by atoms with Crippen LogP contribution in [0.4, 0.5) is 0 Å². The first kappa shape index (κ1) is 26.2. The van der Waals surface area contributed by atoms with Gasteiger partial charge in [-0.2, -0.15) is 10.2 Å². The van der Waals surface area contributed by atoms with Gasteiger partial charge in [0.15, 0.2) is 0 Å². The van der Waals surface area contributed by atoms with Gasteiger partial charge in [-0.1, -0.05) is 69.2 Å². The Kier molecular flexibility index (Phi) is 6.92. The zero-order chi connectivity index (χ0) is 25.8. The summed E-state index contributed by atoms with van der Waals surface area (Å²) in [5, 5.41) is 8.79. The minimum absolute atomic E-state index is 0.0460. The van der Waals surface area contributed by atoms with Crippen molar-refractivity contribution >= 4 is 0 Å². The van der Waals surface area contributed by atoms with Crippen molar-refractivity contribution in [3.63, 3.8) is 0 Å². The van der Waals surface area contributed by atoms with E-state index >= 15 is 0 Å². The lowest BCUT2D eigenvalue weighted by Crippen LogP contribution is -2.41. The van der Waals surface area contributed by atoms with Crippen LogP contribution in [0.25, 0.3) is 0 Å². The largest absolute Gasteiger partial charge is 0.241 e. The Morgan fingerprint density at radius 2 is 1.60 bits per heavy atom. The Labute approximate surface area is 214 Å². The molecule has 2 aliphatic carbocycles. The number of hydrogen-bond donors (Lipinski definition) is 0. The quantitative estimate of drug-likeness (QED) is 0.456. The van der Waals surface area contributed by atoms with Gasteiger partial charge in [0, 0.05) is 17.8 Å². The Bertz CT molecular complexity index is 1040. The molecule has 4 rings (SSSR count). The fourth-order valence-corrected chi connectivity index (χ4v) is 7.57. The van der Waals surface area contributed by atoms with E-state index in [0.29, 0.717) is 29.6 Å². The van der Waals surface area contributed by atoms with Crippen molar-refractivity contribution in [2.24, 2.45) is 34.0 Å². The summed E-state index contributed by atoms with van der Waals surface area (Å²) >= 11 is 0. The Balaban J connectivity index is 1.76. The summed E-state index contributed by atoms with van der Waals surface area (Å²) in [5.41, 5.74) is 7.11. The van der Waals surface area contributed by atoms with Gasteiger partial charge in [-0.05, 0) is 89.2 Å². The molecule has 0 fully saturated rings. The maximum absolute atomic E-state index is 4.96. The number of hydrogen-bond acceptors (Lipinski definition) is 4. The lowest BCUT2D eigenvalue weighted by Gasteiger charge is -2.48. The van der Waals surface area contributed by atoms with E-state index in [0.717, 1.165) is 19.3 Å².